The van der Waals surface area contributed by atoms with E-state index in [1.54, 1.807) is 0 Å². The van der Waals surface area contributed by atoms with Crippen LogP contribution in [0.2, 0.25) is 0 Å². The standard InChI is InChI=1S/C17H26O/c1-7-17(5,6)15-10-8-14(9-11-15)16(18)13(4)12(2)3/h8-13H,7H2,1-6H3. The average Bonchev–Trinajstić information content (AvgIpc) is 2.37. The third-order valence-corrected chi connectivity index (χ3v) is 4.25. The van der Waals surface area contributed by atoms with E-state index in [0.717, 1.165) is 12.0 Å². The molecule has 0 radical (unpaired) electrons. The quantitative estimate of drug-likeness (QED) is 0.679. The third-order valence-electron chi connectivity index (χ3n) is 4.25. The molecule has 0 aliphatic heterocycles. The molecule has 1 rings (SSSR count). The molecule has 0 amide bonds. The van der Waals surface area contributed by atoms with E-state index >= 15 is 0 Å². The van der Waals surface area contributed by atoms with Gasteiger partial charge in [0.25, 0.3) is 0 Å². The number of carbonyl (C=O) groups excluding carboxylic acids is 1. The van der Waals surface area contributed by atoms with Gasteiger partial charge in [-0.2, -0.15) is 0 Å². The molecule has 0 aliphatic rings. The summed E-state index contributed by atoms with van der Waals surface area (Å²) >= 11 is 0. The second-order valence-corrected chi connectivity index (χ2v) is 6.21. The maximum atomic E-state index is 12.2. The van der Waals surface area contributed by atoms with Gasteiger partial charge in [0.2, 0.25) is 0 Å². The molecular weight excluding hydrogens is 220 g/mol. The van der Waals surface area contributed by atoms with Crippen LogP contribution in [0.15, 0.2) is 24.3 Å². The van der Waals surface area contributed by atoms with Gasteiger partial charge in [-0.3, -0.25) is 4.79 Å². The van der Waals surface area contributed by atoms with Crippen molar-refractivity contribution >= 4 is 5.78 Å². The van der Waals surface area contributed by atoms with E-state index in [2.05, 4.69) is 46.8 Å². The van der Waals surface area contributed by atoms with Gasteiger partial charge in [-0.05, 0) is 23.3 Å². The Morgan fingerprint density at radius 1 is 1.11 bits per heavy atom. The predicted octanol–water partition coefficient (Wildman–Crippen LogP) is 4.85. The van der Waals surface area contributed by atoms with E-state index in [-0.39, 0.29) is 17.1 Å². The Kier molecular flexibility index (Phi) is 4.72. The molecule has 1 atom stereocenters. The van der Waals surface area contributed by atoms with Crippen molar-refractivity contribution in [2.24, 2.45) is 11.8 Å². The molecule has 0 aliphatic carbocycles. The highest BCUT2D eigenvalue weighted by Crippen LogP contribution is 2.27. The summed E-state index contributed by atoms with van der Waals surface area (Å²) in [6.07, 6.45) is 1.10. The summed E-state index contributed by atoms with van der Waals surface area (Å²) in [5, 5.41) is 0. The largest absolute Gasteiger partial charge is 0.294 e. The predicted molar refractivity (Wildman–Crippen MR) is 78.1 cm³/mol. The monoisotopic (exact) mass is 246 g/mol. The van der Waals surface area contributed by atoms with Gasteiger partial charge in [-0.25, -0.2) is 0 Å². The van der Waals surface area contributed by atoms with Gasteiger partial charge in [0.05, 0.1) is 0 Å². The molecule has 0 fully saturated rings. The van der Waals surface area contributed by atoms with Gasteiger partial charge >= 0.3 is 0 Å². The maximum absolute atomic E-state index is 12.2. The molecule has 18 heavy (non-hydrogen) atoms. The summed E-state index contributed by atoms with van der Waals surface area (Å²) in [4.78, 5) is 12.2. The molecule has 0 spiro atoms. The van der Waals surface area contributed by atoms with Crippen molar-refractivity contribution in [3.8, 4) is 0 Å². The van der Waals surface area contributed by atoms with Gasteiger partial charge in [0, 0.05) is 11.5 Å². The molecule has 1 aromatic carbocycles. The minimum absolute atomic E-state index is 0.0926. The lowest BCUT2D eigenvalue weighted by Gasteiger charge is -2.23. The van der Waals surface area contributed by atoms with Crippen LogP contribution in [0.4, 0.5) is 0 Å². The molecule has 0 heterocycles. The molecule has 1 nitrogen and oxygen atoms in total. The molecular formula is C17H26O. The number of ketones is 1. The van der Waals surface area contributed by atoms with Crippen molar-refractivity contribution in [2.75, 3.05) is 0 Å². The molecule has 0 aromatic heterocycles. The first-order chi connectivity index (χ1) is 8.29. The molecule has 0 saturated heterocycles. The van der Waals surface area contributed by atoms with Crippen LogP contribution in [0.25, 0.3) is 0 Å². The first kappa shape index (κ1) is 14.9. The first-order valence-electron chi connectivity index (χ1n) is 6.94. The number of Topliss-reactive ketones (excluding diaryl/α,β-unsaturated/α-hetero) is 1. The Morgan fingerprint density at radius 3 is 2.00 bits per heavy atom. The Morgan fingerprint density at radius 2 is 1.61 bits per heavy atom. The second-order valence-electron chi connectivity index (χ2n) is 6.21. The van der Waals surface area contributed by atoms with Crippen molar-refractivity contribution in [1.82, 2.24) is 0 Å². The molecule has 100 valence electrons. The van der Waals surface area contributed by atoms with Crippen molar-refractivity contribution in [3.63, 3.8) is 0 Å². The normalized spacial score (nSPS) is 13.7. The fourth-order valence-electron chi connectivity index (χ4n) is 1.86. The number of hydrogen-bond donors (Lipinski definition) is 0. The average molecular weight is 246 g/mol. The second kappa shape index (κ2) is 5.69. The summed E-state index contributed by atoms with van der Waals surface area (Å²) in [6.45, 7) is 12.9. The third kappa shape index (κ3) is 3.22. The summed E-state index contributed by atoms with van der Waals surface area (Å²) in [5.41, 5.74) is 2.33. The summed E-state index contributed by atoms with van der Waals surface area (Å²) < 4.78 is 0. The highest BCUT2D eigenvalue weighted by atomic mass is 16.1. The lowest BCUT2D eigenvalue weighted by atomic mass is 9.81. The molecule has 1 heteroatoms. The van der Waals surface area contributed by atoms with Crippen molar-refractivity contribution in [1.29, 1.82) is 0 Å². The van der Waals surface area contributed by atoms with Gasteiger partial charge in [-0.1, -0.05) is 65.8 Å². The smallest absolute Gasteiger partial charge is 0.165 e. The van der Waals surface area contributed by atoms with E-state index in [4.69, 9.17) is 0 Å². The highest BCUT2D eigenvalue weighted by molar-refractivity contribution is 5.97. The van der Waals surface area contributed by atoms with E-state index in [1.165, 1.54) is 5.56 Å². The van der Waals surface area contributed by atoms with Crippen LogP contribution in [-0.4, -0.2) is 5.78 Å². The van der Waals surface area contributed by atoms with Crippen LogP contribution < -0.4 is 0 Å². The first-order valence-corrected chi connectivity index (χ1v) is 6.94. The minimum Gasteiger partial charge on any atom is -0.294 e. The van der Waals surface area contributed by atoms with Gasteiger partial charge < -0.3 is 0 Å². The van der Waals surface area contributed by atoms with Crippen LogP contribution >= 0.6 is 0 Å². The Bertz CT molecular complexity index is 398. The van der Waals surface area contributed by atoms with E-state index in [1.807, 2.05) is 19.1 Å². The fourth-order valence-corrected chi connectivity index (χ4v) is 1.86. The van der Waals surface area contributed by atoms with Crippen molar-refractivity contribution in [3.05, 3.63) is 35.4 Å². The zero-order valence-corrected chi connectivity index (χ0v) is 12.6. The van der Waals surface area contributed by atoms with Gasteiger partial charge in [0.15, 0.2) is 5.78 Å². The number of benzene rings is 1. The van der Waals surface area contributed by atoms with Crippen molar-refractivity contribution in [2.45, 2.75) is 53.4 Å². The van der Waals surface area contributed by atoms with Crippen LogP contribution in [0.3, 0.4) is 0 Å². The SMILES string of the molecule is CCC(C)(C)c1ccc(C(=O)C(C)C(C)C)cc1. The Labute approximate surface area is 112 Å². The molecule has 0 bridgehead atoms. The summed E-state index contributed by atoms with van der Waals surface area (Å²) in [7, 11) is 0. The topological polar surface area (TPSA) is 17.1 Å². The minimum atomic E-state index is 0.0926. The molecule has 1 aromatic rings. The Balaban J connectivity index is 2.93. The summed E-state index contributed by atoms with van der Waals surface area (Å²) in [5.74, 6) is 0.741. The zero-order valence-electron chi connectivity index (χ0n) is 12.6. The lowest BCUT2D eigenvalue weighted by molar-refractivity contribution is 0.0899. The number of carbonyl (C=O) groups is 1. The number of rotatable bonds is 5. The van der Waals surface area contributed by atoms with Crippen LogP contribution in [-0.2, 0) is 5.41 Å². The van der Waals surface area contributed by atoms with E-state index in [0.29, 0.717) is 5.92 Å². The number of hydrogen-bond acceptors (Lipinski definition) is 1. The lowest BCUT2D eigenvalue weighted by Crippen LogP contribution is -2.18. The summed E-state index contributed by atoms with van der Waals surface area (Å²) in [6, 6.07) is 8.16. The van der Waals surface area contributed by atoms with Gasteiger partial charge in [-0.15, -0.1) is 0 Å². The zero-order chi connectivity index (χ0) is 13.9. The van der Waals surface area contributed by atoms with Gasteiger partial charge in [0.1, 0.15) is 0 Å². The van der Waals surface area contributed by atoms with Crippen LogP contribution in [0.1, 0.15) is 63.9 Å². The van der Waals surface area contributed by atoms with Crippen molar-refractivity contribution < 1.29 is 4.79 Å². The Hall–Kier alpha value is -1.11. The van der Waals surface area contributed by atoms with Crippen LogP contribution in [0, 0.1) is 11.8 Å². The highest BCUT2D eigenvalue weighted by Gasteiger charge is 2.21. The van der Waals surface area contributed by atoms with E-state index in [9.17, 15) is 4.79 Å². The fraction of sp³-hybridized carbons (Fsp3) is 0.588. The molecule has 0 N–H and O–H groups in total. The molecule has 1 unspecified atom stereocenters. The molecule has 0 saturated carbocycles. The maximum Gasteiger partial charge on any atom is 0.165 e. The van der Waals surface area contributed by atoms with E-state index < -0.39 is 0 Å². The van der Waals surface area contributed by atoms with Crippen LogP contribution in [0.5, 0.6) is 0 Å².